The van der Waals surface area contributed by atoms with Gasteiger partial charge in [-0.25, -0.2) is 0 Å². The fraction of sp³-hybridized carbons (Fsp3) is 0.800. The van der Waals surface area contributed by atoms with Crippen LogP contribution in [0.5, 0.6) is 0 Å². The normalized spacial score (nSPS) is 37.2. The van der Waals surface area contributed by atoms with Crippen molar-refractivity contribution in [3.63, 3.8) is 0 Å². The van der Waals surface area contributed by atoms with Crippen molar-refractivity contribution in [2.75, 3.05) is 6.54 Å². The van der Waals surface area contributed by atoms with E-state index in [1.807, 2.05) is 13.8 Å². The van der Waals surface area contributed by atoms with Gasteiger partial charge >= 0.3 is 0 Å². The number of fused-ring (bicyclic) bond motifs is 1. The summed E-state index contributed by atoms with van der Waals surface area (Å²) in [7, 11) is 0. The molecule has 0 bridgehead atoms. The van der Waals surface area contributed by atoms with Crippen molar-refractivity contribution in [2.24, 2.45) is 11.8 Å². The van der Waals surface area contributed by atoms with E-state index in [9.17, 15) is 9.59 Å². The largest absolute Gasteiger partial charge is 0.346 e. The van der Waals surface area contributed by atoms with Gasteiger partial charge in [-0.1, -0.05) is 13.8 Å². The first kappa shape index (κ1) is 9.65. The third-order valence-corrected chi connectivity index (χ3v) is 3.14. The first-order valence-electron chi connectivity index (χ1n) is 5.18. The van der Waals surface area contributed by atoms with Crippen LogP contribution in [0.2, 0.25) is 0 Å². The predicted octanol–water partition coefficient (Wildman–Crippen LogP) is -0.312. The van der Waals surface area contributed by atoms with Gasteiger partial charge in [0.15, 0.2) is 5.78 Å². The molecule has 0 aromatic rings. The van der Waals surface area contributed by atoms with Gasteiger partial charge < -0.3 is 10.6 Å². The van der Waals surface area contributed by atoms with Crippen molar-refractivity contribution in [1.82, 2.24) is 10.6 Å². The number of rotatable bonds is 1. The molecule has 0 aromatic carbocycles. The van der Waals surface area contributed by atoms with Crippen LogP contribution in [-0.2, 0) is 9.59 Å². The van der Waals surface area contributed by atoms with Crippen molar-refractivity contribution >= 4 is 11.7 Å². The molecule has 2 fully saturated rings. The lowest BCUT2D eigenvalue weighted by Crippen LogP contribution is -2.60. The molecule has 14 heavy (non-hydrogen) atoms. The van der Waals surface area contributed by atoms with E-state index in [-0.39, 0.29) is 35.6 Å². The van der Waals surface area contributed by atoms with Crippen LogP contribution < -0.4 is 10.6 Å². The molecule has 0 aliphatic carbocycles. The second kappa shape index (κ2) is 3.35. The molecule has 3 unspecified atom stereocenters. The van der Waals surface area contributed by atoms with Gasteiger partial charge in [0.1, 0.15) is 0 Å². The Labute approximate surface area is 83.4 Å². The van der Waals surface area contributed by atoms with E-state index in [1.54, 1.807) is 0 Å². The molecule has 0 radical (unpaired) electrons. The molecule has 0 aromatic heterocycles. The first-order valence-corrected chi connectivity index (χ1v) is 5.18. The summed E-state index contributed by atoms with van der Waals surface area (Å²) in [5.74, 6) is 0.243. The van der Waals surface area contributed by atoms with Crippen LogP contribution in [0.15, 0.2) is 0 Å². The minimum absolute atomic E-state index is 0.0401. The molecule has 4 heteroatoms. The van der Waals surface area contributed by atoms with E-state index in [0.29, 0.717) is 0 Å². The van der Waals surface area contributed by atoms with Crippen LogP contribution in [0, 0.1) is 11.8 Å². The zero-order valence-electron chi connectivity index (χ0n) is 8.54. The molecule has 2 rings (SSSR count). The Morgan fingerprint density at radius 2 is 2.07 bits per heavy atom. The van der Waals surface area contributed by atoms with E-state index < -0.39 is 0 Å². The lowest BCUT2D eigenvalue weighted by molar-refractivity contribution is -0.139. The molecule has 2 heterocycles. The highest BCUT2D eigenvalue weighted by Crippen LogP contribution is 2.24. The summed E-state index contributed by atoms with van der Waals surface area (Å²) in [5, 5.41) is 5.92. The first-order chi connectivity index (χ1) is 6.61. The molecular formula is C10H16N2O2. The van der Waals surface area contributed by atoms with Gasteiger partial charge in [-0.3, -0.25) is 9.59 Å². The lowest BCUT2D eigenvalue weighted by Gasteiger charge is -2.32. The van der Waals surface area contributed by atoms with Crippen LogP contribution in [0.4, 0.5) is 0 Å². The smallest absolute Gasteiger partial charge is 0.225 e. The number of Topliss-reactive ketones (excluding diaryl/α,β-unsaturated/α-hetero) is 1. The summed E-state index contributed by atoms with van der Waals surface area (Å²) in [6, 6.07) is -0.523. The summed E-state index contributed by atoms with van der Waals surface area (Å²) in [5.41, 5.74) is 0. The minimum Gasteiger partial charge on any atom is -0.346 e. The van der Waals surface area contributed by atoms with Crippen molar-refractivity contribution in [3.05, 3.63) is 0 Å². The summed E-state index contributed by atoms with van der Waals surface area (Å²) in [6.45, 7) is 4.69. The Balaban J connectivity index is 2.20. The summed E-state index contributed by atoms with van der Waals surface area (Å²) in [6.07, 6.45) is 0.785. The molecule has 4 nitrogen and oxygen atoms in total. The van der Waals surface area contributed by atoms with E-state index in [4.69, 9.17) is 0 Å². The van der Waals surface area contributed by atoms with Gasteiger partial charge in [0.2, 0.25) is 5.91 Å². The van der Waals surface area contributed by atoms with Crippen molar-refractivity contribution in [2.45, 2.75) is 32.4 Å². The number of ketones is 1. The average Bonchev–Trinajstić information content (AvgIpc) is 2.59. The molecule has 3 atom stereocenters. The van der Waals surface area contributed by atoms with Gasteiger partial charge in [0.25, 0.3) is 0 Å². The third-order valence-electron chi connectivity index (χ3n) is 3.14. The molecule has 0 saturated carbocycles. The fourth-order valence-electron chi connectivity index (χ4n) is 2.30. The summed E-state index contributed by atoms with van der Waals surface area (Å²) in [4.78, 5) is 23.5. The van der Waals surface area contributed by atoms with Crippen LogP contribution in [0.1, 0.15) is 20.3 Å². The topological polar surface area (TPSA) is 58.2 Å². The Kier molecular flexibility index (Phi) is 2.31. The maximum Gasteiger partial charge on any atom is 0.225 e. The number of hydrogen-bond donors (Lipinski definition) is 2. The molecule has 2 saturated heterocycles. The monoisotopic (exact) mass is 196 g/mol. The van der Waals surface area contributed by atoms with Crippen LogP contribution in [0.25, 0.3) is 0 Å². The Bertz CT molecular complexity index is 271. The van der Waals surface area contributed by atoms with Crippen molar-refractivity contribution < 1.29 is 9.59 Å². The SMILES string of the molecule is CC(C)C1NC(=O)C2CCNC2C1=O. The van der Waals surface area contributed by atoms with E-state index in [0.717, 1.165) is 13.0 Å². The fourth-order valence-corrected chi connectivity index (χ4v) is 2.30. The van der Waals surface area contributed by atoms with Crippen molar-refractivity contribution in [3.8, 4) is 0 Å². The number of carbonyl (C=O) groups excluding carboxylic acids is 2. The molecule has 78 valence electrons. The van der Waals surface area contributed by atoms with Gasteiger partial charge in [-0.05, 0) is 18.9 Å². The van der Waals surface area contributed by atoms with Crippen LogP contribution in [-0.4, -0.2) is 30.3 Å². The second-order valence-corrected chi connectivity index (χ2v) is 4.46. The summed E-state index contributed by atoms with van der Waals surface area (Å²) >= 11 is 0. The number of nitrogens with one attached hydrogen (secondary N) is 2. The van der Waals surface area contributed by atoms with Crippen LogP contribution >= 0.6 is 0 Å². The van der Waals surface area contributed by atoms with E-state index in [1.165, 1.54) is 0 Å². The van der Waals surface area contributed by atoms with Gasteiger partial charge in [0, 0.05) is 0 Å². The standard InChI is InChI=1S/C10H16N2O2/c1-5(2)7-9(13)8-6(3-4-11-8)10(14)12-7/h5-8,11H,3-4H2,1-2H3,(H,12,14). The zero-order valence-corrected chi connectivity index (χ0v) is 8.54. The molecular weight excluding hydrogens is 180 g/mol. The molecule has 1 amide bonds. The average molecular weight is 196 g/mol. The maximum atomic E-state index is 11.9. The number of hydrogen-bond acceptors (Lipinski definition) is 3. The lowest BCUT2D eigenvalue weighted by atomic mass is 9.84. The number of carbonyl (C=O) groups is 2. The highest BCUT2D eigenvalue weighted by atomic mass is 16.2. The molecule has 0 spiro atoms. The van der Waals surface area contributed by atoms with E-state index >= 15 is 0 Å². The van der Waals surface area contributed by atoms with Crippen LogP contribution in [0.3, 0.4) is 0 Å². The number of piperidine rings is 1. The second-order valence-electron chi connectivity index (χ2n) is 4.46. The highest BCUT2D eigenvalue weighted by molar-refractivity contribution is 6.01. The Morgan fingerprint density at radius 1 is 1.36 bits per heavy atom. The van der Waals surface area contributed by atoms with Gasteiger partial charge in [-0.15, -0.1) is 0 Å². The zero-order chi connectivity index (χ0) is 10.3. The van der Waals surface area contributed by atoms with Crippen molar-refractivity contribution in [1.29, 1.82) is 0 Å². The molecule has 2 aliphatic rings. The molecule has 2 aliphatic heterocycles. The minimum atomic E-state index is -0.297. The van der Waals surface area contributed by atoms with Gasteiger partial charge in [0.05, 0.1) is 18.0 Å². The maximum absolute atomic E-state index is 11.9. The van der Waals surface area contributed by atoms with Gasteiger partial charge in [-0.2, -0.15) is 0 Å². The highest BCUT2D eigenvalue weighted by Gasteiger charge is 2.46. The Morgan fingerprint density at radius 3 is 2.71 bits per heavy atom. The quantitative estimate of drug-likeness (QED) is 0.604. The predicted molar refractivity (Wildman–Crippen MR) is 51.7 cm³/mol. The Hall–Kier alpha value is -0.900. The molecule has 2 N–H and O–H groups in total. The summed E-state index contributed by atoms with van der Waals surface area (Å²) < 4.78 is 0. The van der Waals surface area contributed by atoms with E-state index in [2.05, 4.69) is 10.6 Å². The number of amides is 1. The third kappa shape index (κ3) is 1.34.